The van der Waals surface area contributed by atoms with Crippen molar-refractivity contribution in [3.63, 3.8) is 0 Å². The fourth-order valence-corrected chi connectivity index (χ4v) is 4.15. The summed E-state index contributed by atoms with van der Waals surface area (Å²) in [5.41, 5.74) is 3.62. The lowest BCUT2D eigenvalue weighted by atomic mass is 10.0. The van der Waals surface area contributed by atoms with Crippen LogP contribution in [0.3, 0.4) is 0 Å². The van der Waals surface area contributed by atoms with Crippen LogP contribution in [0, 0.1) is 14.9 Å². The molecular weight excluding hydrogens is 531 g/mol. The van der Waals surface area contributed by atoms with Gasteiger partial charge in [-0.3, -0.25) is 0 Å². The molecule has 170 valence electrons. The van der Waals surface area contributed by atoms with Crippen LogP contribution >= 0.6 is 22.6 Å². The van der Waals surface area contributed by atoms with E-state index in [2.05, 4.69) is 27.9 Å². The largest absolute Gasteiger partial charge is 0.548 e. The van der Waals surface area contributed by atoms with Gasteiger partial charge in [0.05, 0.1) is 40.4 Å². The van der Waals surface area contributed by atoms with Crippen LogP contribution in [0.5, 0.6) is 5.75 Å². The van der Waals surface area contributed by atoms with Gasteiger partial charge >= 0.3 is 0 Å². The molecule has 0 saturated heterocycles. The molecule has 0 heterocycles. The molecule has 0 aromatic heterocycles. The van der Waals surface area contributed by atoms with E-state index < -0.39 is 12.0 Å². The van der Waals surface area contributed by atoms with Crippen molar-refractivity contribution in [3.8, 4) is 11.8 Å². The second-order valence-corrected chi connectivity index (χ2v) is 8.48. The molecule has 3 aromatic carbocycles. The Morgan fingerprint density at radius 3 is 2.45 bits per heavy atom. The number of carbonyl (C=O) groups excluding carboxylic acids is 1. The summed E-state index contributed by atoms with van der Waals surface area (Å²) in [5.74, 6) is -0.778. The number of carboxylic acid groups (broad SMARTS) is 1. The number of anilines is 1. The molecule has 0 radical (unpaired) electrons. The van der Waals surface area contributed by atoms with Gasteiger partial charge in [-0.2, -0.15) is 5.26 Å². The summed E-state index contributed by atoms with van der Waals surface area (Å²) in [6.45, 7) is 3.12. The summed E-state index contributed by atoms with van der Waals surface area (Å²) in [7, 11) is 0. The van der Waals surface area contributed by atoms with Gasteiger partial charge in [-0.1, -0.05) is 37.3 Å². The molecule has 0 saturated carbocycles. The maximum absolute atomic E-state index is 12.1. The highest BCUT2D eigenvalue weighted by Gasteiger charge is 2.21. The number of hydrogen-bond donors (Lipinski definition) is 1. The van der Waals surface area contributed by atoms with Crippen molar-refractivity contribution in [2.24, 2.45) is 0 Å². The van der Waals surface area contributed by atoms with Crippen molar-refractivity contribution in [1.29, 1.82) is 5.26 Å². The van der Waals surface area contributed by atoms with Gasteiger partial charge in [-0.25, -0.2) is 0 Å². The third kappa shape index (κ3) is 6.94. The molecule has 6 nitrogen and oxygen atoms in total. The van der Waals surface area contributed by atoms with Crippen LogP contribution in [0.4, 0.5) is 5.69 Å². The zero-order valence-corrected chi connectivity index (χ0v) is 20.4. The fourth-order valence-electron chi connectivity index (χ4n) is 3.28. The third-order valence-corrected chi connectivity index (χ3v) is 5.80. The lowest BCUT2D eigenvalue weighted by Gasteiger charge is -2.25. The summed E-state index contributed by atoms with van der Waals surface area (Å²) < 4.78 is 12.5. The number of ether oxygens (including phenoxy) is 2. The van der Waals surface area contributed by atoms with E-state index in [4.69, 9.17) is 14.7 Å². The van der Waals surface area contributed by atoms with Crippen LogP contribution in [-0.4, -0.2) is 19.2 Å². The molecule has 0 amide bonds. The molecule has 1 unspecified atom stereocenters. The monoisotopic (exact) mass is 555 g/mol. The van der Waals surface area contributed by atoms with Crippen LogP contribution < -0.4 is 15.2 Å². The molecule has 0 aliphatic rings. The number of halogens is 1. The van der Waals surface area contributed by atoms with Crippen LogP contribution in [-0.2, 0) is 22.6 Å². The van der Waals surface area contributed by atoms with E-state index >= 15 is 0 Å². The molecule has 1 N–H and O–H groups in total. The first-order valence-corrected chi connectivity index (χ1v) is 11.6. The Hall–Kier alpha value is -3.09. The Morgan fingerprint density at radius 1 is 1.09 bits per heavy atom. The summed E-state index contributed by atoms with van der Waals surface area (Å²) >= 11 is 2.16. The molecule has 0 aliphatic carbocycles. The molecule has 7 heteroatoms. The molecule has 33 heavy (non-hydrogen) atoms. The van der Waals surface area contributed by atoms with Crippen LogP contribution in [0.15, 0.2) is 66.7 Å². The average Bonchev–Trinajstić information content (AvgIpc) is 2.83. The summed E-state index contributed by atoms with van der Waals surface area (Å²) in [6, 6.07) is 21.2. The minimum absolute atomic E-state index is 0.276. The normalized spacial score (nSPS) is 11.4. The number of aliphatic carboxylic acids is 1. The second kappa shape index (κ2) is 12.2. The summed E-state index contributed by atoms with van der Waals surface area (Å²) in [5, 5.41) is 24.1. The highest BCUT2D eigenvalue weighted by atomic mass is 127. The van der Waals surface area contributed by atoms with Gasteiger partial charge in [0.15, 0.2) is 0 Å². The van der Waals surface area contributed by atoms with Gasteiger partial charge in [0.25, 0.3) is 0 Å². The van der Waals surface area contributed by atoms with E-state index in [-0.39, 0.29) is 6.61 Å². The predicted octanol–water partition coefficient (Wildman–Crippen LogP) is 4.22. The number of rotatable bonds is 11. The maximum atomic E-state index is 12.1. The first kappa shape index (κ1) is 24.6. The Balaban J connectivity index is 1.76. The number of benzene rings is 3. The Kier molecular flexibility index (Phi) is 9.10. The number of nitrogens with one attached hydrogen (secondary N) is 1. The minimum atomic E-state index is -1.27. The van der Waals surface area contributed by atoms with E-state index in [1.807, 2.05) is 55.5 Å². The van der Waals surface area contributed by atoms with Gasteiger partial charge in [0, 0.05) is 11.3 Å². The standard InChI is InChI=1S/C26H25IN2O4/c1-2-18-14-22(24(26(30)31)29-21-10-8-19(16-28)9-11-21)25(23(27)15-18)33-13-12-32-17-20-6-4-3-5-7-20/h3-11,14-15,24,29H,2,12-13,17H2,1H3,(H,30,31)/p-1. The van der Waals surface area contributed by atoms with Gasteiger partial charge in [0.2, 0.25) is 0 Å². The number of carboxylic acids is 1. The van der Waals surface area contributed by atoms with Gasteiger partial charge < -0.3 is 24.7 Å². The SMILES string of the molecule is CCc1cc(I)c(OCCOCc2ccccc2)c(C(Nc2ccc(C#N)cc2)C(=O)[O-])c1. The van der Waals surface area contributed by atoms with Crippen LogP contribution in [0.2, 0.25) is 0 Å². The van der Waals surface area contributed by atoms with E-state index in [1.54, 1.807) is 24.3 Å². The van der Waals surface area contributed by atoms with E-state index in [0.29, 0.717) is 35.8 Å². The van der Waals surface area contributed by atoms with E-state index in [9.17, 15) is 9.90 Å². The second-order valence-electron chi connectivity index (χ2n) is 7.32. The van der Waals surface area contributed by atoms with Gasteiger partial charge in [0.1, 0.15) is 12.4 Å². The lowest BCUT2D eigenvalue weighted by molar-refractivity contribution is -0.307. The summed E-state index contributed by atoms with van der Waals surface area (Å²) in [4.78, 5) is 12.1. The lowest BCUT2D eigenvalue weighted by Crippen LogP contribution is -2.34. The average molecular weight is 555 g/mol. The highest BCUT2D eigenvalue weighted by molar-refractivity contribution is 14.1. The van der Waals surface area contributed by atoms with Crippen molar-refractivity contribution in [1.82, 2.24) is 0 Å². The number of aryl methyl sites for hydroxylation is 1. The van der Waals surface area contributed by atoms with Crippen molar-refractivity contribution >= 4 is 34.2 Å². The first-order chi connectivity index (χ1) is 16.0. The van der Waals surface area contributed by atoms with Gasteiger partial charge in [-0.15, -0.1) is 0 Å². The Morgan fingerprint density at radius 2 is 1.82 bits per heavy atom. The van der Waals surface area contributed by atoms with E-state index in [1.165, 1.54) is 0 Å². The molecule has 0 fully saturated rings. The Bertz CT molecular complexity index is 1110. The smallest absolute Gasteiger partial charge is 0.138 e. The number of carbonyl (C=O) groups is 1. The molecule has 0 spiro atoms. The van der Waals surface area contributed by atoms with Crippen molar-refractivity contribution in [2.75, 3.05) is 18.5 Å². The van der Waals surface area contributed by atoms with Crippen molar-refractivity contribution < 1.29 is 19.4 Å². The van der Waals surface area contributed by atoms with Gasteiger partial charge in [-0.05, 0) is 76.5 Å². The molecule has 0 aliphatic heterocycles. The zero-order chi connectivity index (χ0) is 23.6. The third-order valence-electron chi connectivity index (χ3n) is 5.00. The molecule has 3 aromatic rings. The highest BCUT2D eigenvalue weighted by Crippen LogP contribution is 2.34. The zero-order valence-electron chi connectivity index (χ0n) is 18.2. The summed E-state index contributed by atoms with van der Waals surface area (Å²) in [6.07, 6.45) is 0.750. The molecule has 1 atom stereocenters. The van der Waals surface area contributed by atoms with E-state index in [0.717, 1.165) is 21.1 Å². The van der Waals surface area contributed by atoms with Crippen LogP contribution in [0.1, 0.15) is 35.2 Å². The quantitative estimate of drug-likeness (QED) is 0.281. The minimum Gasteiger partial charge on any atom is -0.548 e. The first-order valence-electron chi connectivity index (χ1n) is 10.6. The molecule has 3 rings (SSSR count). The van der Waals surface area contributed by atoms with Crippen LogP contribution in [0.25, 0.3) is 0 Å². The maximum Gasteiger partial charge on any atom is 0.138 e. The molecule has 0 bridgehead atoms. The number of hydrogen-bond acceptors (Lipinski definition) is 6. The Labute approximate surface area is 207 Å². The topological polar surface area (TPSA) is 94.4 Å². The fraction of sp³-hybridized carbons (Fsp3) is 0.231. The van der Waals surface area contributed by atoms with Crippen molar-refractivity contribution in [2.45, 2.75) is 26.0 Å². The van der Waals surface area contributed by atoms with Crippen molar-refractivity contribution in [3.05, 3.63) is 92.6 Å². The number of nitrogens with zero attached hydrogens (tertiary/aromatic N) is 1. The molecular formula is C26H24IN2O4-. The predicted molar refractivity (Wildman–Crippen MR) is 133 cm³/mol. The number of nitriles is 1.